The summed E-state index contributed by atoms with van der Waals surface area (Å²) in [5.74, 6) is 0. The van der Waals surface area contributed by atoms with Gasteiger partial charge in [0.05, 0.1) is 6.21 Å². The van der Waals surface area contributed by atoms with Gasteiger partial charge in [0.15, 0.2) is 0 Å². The number of hydrogen-bond donors (Lipinski definition) is 4. The minimum absolute atomic E-state index is 0.339. The Morgan fingerprint density at radius 2 is 2.00 bits per heavy atom. The predicted octanol–water partition coefficient (Wildman–Crippen LogP) is 1.22. The lowest BCUT2D eigenvalue weighted by atomic mass is 9.94. The molecule has 0 saturated carbocycles. The zero-order valence-corrected chi connectivity index (χ0v) is 8.83. The topological polar surface area (TPSA) is 85.1 Å². The van der Waals surface area contributed by atoms with Gasteiger partial charge in [-0.15, -0.1) is 0 Å². The van der Waals surface area contributed by atoms with E-state index in [2.05, 4.69) is 5.16 Å². The van der Waals surface area contributed by atoms with Crippen molar-refractivity contribution < 1.29 is 15.5 Å². The van der Waals surface area contributed by atoms with E-state index in [-0.39, 0.29) is 0 Å². The van der Waals surface area contributed by atoms with E-state index in [0.29, 0.717) is 11.3 Å². The standard InChI is InChI=1S/C11H14N2O3/c1-9(13-16)7-11(14,8-12-15)10-5-3-2-4-6-10/h2-8,13-16H,1H3/b9-7?,12-8-/t11-/m0/s1. The molecule has 0 aliphatic carbocycles. The number of oxime groups is 1. The first-order valence-corrected chi connectivity index (χ1v) is 4.68. The van der Waals surface area contributed by atoms with Crippen molar-refractivity contribution in [3.05, 3.63) is 47.7 Å². The van der Waals surface area contributed by atoms with Crippen molar-refractivity contribution in [3.63, 3.8) is 0 Å². The lowest BCUT2D eigenvalue weighted by molar-refractivity contribution is 0.155. The van der Waals surface area contributed by atoms with Crippen LogP contribution in [0.25, 0.3) is 0 Å². The molecule has 0 aliphatic rings. The molecule has 16 heavy (non-hydrogen) atoms. The Balaban J connectivity index is 3.17. The second kappa shape index (κ2) is 5.29. The van der Waals surface area contributed by atoms with E-state index in [1.807, 2.05) is 5.48 Å². The summed E-state index contributed by atoms with van der Waals surface area (Å²) < 4.78 is 0. The average Bonchev–Trinajstić information content (AvgIpc) is 2.30. The zero-order valence-electron chi connectivity index (χ0n) is 8.83. The van der Waals surface area contributed by atoms with Crippen LogP contribution in [0.3, 0.4) is 0 Å². The number of allylic oxidation sites excluding steroid dienone is 1. The first-order chi connectivity index (χ1) is 7.62. The van der Waals surface area contributed by atoms with Crippen molar-refractivity contribution in [2.75, 3.05) is 0 Å². The molecule has 1 aromatic carbocycles. The van der Waals surface area contributed by atoms with Gasteiger partial charge in [0, 0.05) is 5.70 Å². The summed E-state index contributed by atoms with van der Waals surface area (Å²) in [4.78, 5) is 0. The van der Waals surface area contributed by atoms with Crippen LogP contribution < -0.4 is 5.48 Å². The number of hydrogen-bond acceptors (Lipinski definition) is 5. The van der Waals surface area contributed by atoms with Crippen molar-refractivity contribution in [1.82, 2.24) is 5.48 Å². The maximum Gasteiger partial charge on any atom is 0.148 e. The van der Waals surface area contributed by atoms with E-state index in [1.165, 1.54) is 6.08 Å². The van der Waals surface area contributed by atoms with Crippen LogP contribution in [0, 0.1) is 0 Å². The number of aliphatic hydroxyl groups is 1. The number of rotatable bonds is 4. The third kappa shape index (κ3) is 2.82. The van der Waals surface area contributed by atoms with E-state index in [9.17, 15) is 5.11 Å². The molecular weight excluding hydrogens is 208 g/mol. The summed E-state index contributed by atoms with van der Waals surface area (Å²) >= 11 is 0. The highest BCUT2D eigenvalue weighted by molar-refractivity contribution is 5.73. The molecule has 1 atom stereocenters. The third-order valence-corrected chi connectivity index (χ3v) is 2.10. The van der Waals surface area contributed by atoms with Crippen molar-refractivity contribution in [2.45, 2.75) is 12.5 Å². The molecule has 0 amide bonds. The summed E-state index contributed by atoms with van der Waals surface area (Å²) in [6, 6.07) is 8.68. The maximum atomic E-state index is 10.2. The van der Waals surface area contributed by atoms with Crippen LogP contribution in [0.4, 0.5) is 0 Å². The molecule has 0 radical (unpaired) electrons. The van der Waals surface area contributed by atoms with E-state index in [0.717, 1.165) is 6.21 Å². The Bertz CT molecular complexity index is 389. The van der Waals surface area contributed by atoms with E-state index >= 15 is 0 Å². The fourth-order valence-corrected chi connectivity index (χ4v) is 1.35. The van der Waals surface area contributed by atoms with Gasteiger partial charge in [0.1, 0.15) is 5.60 Å². The van der Waals surface area contributed by atoms with Crippen LogP contribution in [0.2, 0.25) is 0 Å². The van der Waals surface area contributed by atoms with Crippen LogP contribution in [0.5, 0.6) is 0 Å². The van der Waals surface area contributed by atoms with Crippen LogP contribution in [-0.2, 0) is 5.60 Å². The lowest BCUT2D eigenvalue weighted by Gasteiger charge is -2.20. The highest BCUT2D eigenvalue weighted by atomic mass is 16.5. The van der Waals surface area contributed by atoms with Gasteiger partial charge in [-0.3, -0.25) is 10.7 Å². The van der Waals surface area contributed by atoms with Crippen molar-refractivity contribution in [1.29, 1.82) is 0 Å². The van der Waals surface area contributed by atoms with Gasteiger partial charge in [-0.05, 0) is 18.6 Å². The van der Waals surface area contributed by atoms with Gasteiger partial charge in [-0.1, -0.05) is 35.5 Å². The molecule has 0 bridgehead atoms. The van der Waals surface area contributed by atoms with Gasteiger partial charge in [0.2, 0.25) is 0 Å². The molecule has 5 heteroatoms. The Morgan fingerprint density at radius 1 is 1.38 bits per heavy atom. The molecule has 0 fully saturated rings. The predicted molar refractivity (Wildman–Crippen MR) is 59.3 cm³/mol. The van der Waals surface area contributed by atoms with Gasteiger partial charge >= 0.3 is 0 Å². The first kappa shape index (κ1) is 12.2. The molecule has 1 aromatic rings. The molecule has 0 spiro atoms. The molecular formula is C11H14N2O3. The second-order valence-electron chi connectivity index (χ2n) is 3.38. The molecule has 0 heterocycles. The molecule has 4 N–H and O–H groups in total. The number of nitrogens with one attached hydrogen (secondary N) is 1. The molecule has 1 rings (SSSR count). The van der Waals surface area contributed by atoms with Crippen LogP contribution >= 0.6 is 0 Å². The van der Waals surface area contributed by atoms with Crippen molar-refractivity contribution in [2.24, 2.45) is 5.16 Å². The van der Waals surface area contributed by atoms with Crippen molar-refractivity contribution >= 4 is 6.21 Å². The first-order valence-electron chi connectivity index (χ1n) is 4.68. The highest BCUT2D eigenvalue weighted by Crippen LogP contribution is 2.21. The Morgan fingerprint density at radius 3 is 2.50 bits per heavy atom. The minimum atomic E-state index is -1.56. The Labute approximate surface area is 93.3 Å². The summed E-state index contributed by atoms with van der Waals surface area (Å²) in [6.45, 7) is 1.57. The number of hydroxylamine groups is 1. The number of benzene rings is 1. The van der Waals surface area contributed by atoms with Crippen molar-refractivity contribution in [3.8, 4) is 0 Å². The highest BCUT2D eigenvalue weighted by Gasteiger charge is 2.24. The van der Waals surface area contributed by atoms with E-state index < -0.39 is 5.60 Å². The minimum Gasteiger partial charge on any atom is -0.411 e. The normalized spacial score (nSPS) is 16.1. The third-order valence-electron chi connectivity index (χ3n) is 2.10. The molecule has 0 aromatic heterocycles. The summed E-state index contributed by atoms with van der Waals surface area (Å²) in [6.07, 6.45) is 2.31. The molecule has 0 unspecified atom stereocenters. The van der Waals surface area contributed by atoms with Gasteiger partial charge in [-0.2, -0.15) is 0 Å². The molecule has 86 valence electrons. The van der Waals surface area contributed by atoms with Crippen LogP contribution in [-0.4, -0.2) is 21.7 Å². The molecule has 0 saturated heterocycles. The van der Waals surface area contributed by atoms with Gasteiger partial charge < -0.3 is 10.3 Å². The second-order valence-corrected chi connectivity index (χ2v) is 3.38. The smallest absolute Gasteiger partial charge is 0.148 e. The quantitative estimate of drug-likeness (QED) is 0.350. The monoisotopic (exact) mass is 222 g/mol. The SMILES string of the molecule is CC(=C[C@](O)(/C=N\O)c1ccccc1)NO. The largest absolute Gasteiger partial charge is 0.411 e. The number of nitrogens with zero attached hydrogens (tertiary/aromatic N) is 1. The fraction of sp³-hybridized carbons (Fsp3) is 0.182. The van der Waals surface area contributed by atoms with E-state index in [1.54, 1.807) is 37.3 Å². The fourth-order valence-electron chi connectivity index (χ4n) is 1.35. The Kier molecular flexibility index (Phi) is 4.04. The lowest BCUT2D eigenvalue weighted by Crippen LogP contribution is -2.26. The van der Waals surface area contributed by atoms with Gasteiger partial charge in [0.25, 0.3) is 0 Å². The maximum absolute atomic E-state index is 10.2. The van der Waals surface area contributed by atoms with Crippen LogP contribution in [0.15, 0.2) is 47.3 Å². The van der Waals surface area contributed by atoms with Gasteiger partial charge in [-0.25, -0.2) is 0 Å². The summed E-state index contributed by atoms with van der Waals surface area (Å²) in [5.41, 5.74) is 1.22. The average molecular weight is 222 g/mol. The molecule has 5 nitrogen and oxygen atoms in total. The van der Waals surface area contributed by atoms with Crippen LogP contribution in [0.1, 0.15) is 12.5 Å². The summed E-state index contributed by atoms with van der Waals surface area (Å²) in [5, 5.41) is 30.3. The molecule has 0 aliphatic heterocycles. The van der Waals surface area contributed by atoms with E-state index in [4.69, 9.17) is 10.4 Å². The zero-order chi connectivity index (χ0) is 12.0. The Hall–Kier alpha value is -1.85. The summed E-state index contributed by atoms with van der Waals surface area (Å²) in [7, 11) is 0.